The molecule has 3 fully saturated rings. The predicted octanol–water partition coefficient (Wildman–Crippen LogP) is 5.36. The molecule has 25 heavy (non-hydrogen) atoms. The minimum absolute atomic E-state index is 0.0487. The summed E-state index contributed by atoms with van der Waals surface area (Å²) in [6.07, 6.45) is 15.7. The molecule has 1 heterocycles. The van der Waals surface area contributed by atoms with Crippen LogP contribution in [-0.2, 0) is 9.53 Å². The summed E-state index contributed by atoms with van der Waals surface area (Å²) < 4.78 is 6.43. The Morgan fingerprint density at radius 2 is 1.88 bits per heavy atom. The molecule has 5 aliphatic rings. The van der Waals surface area contributed by atoms with Gasteiger partial charge in [0.25, 0.3) is 0 Å². The number of ether oxygens (including phenoxy) is 1. The van der Waals surface area contributed by atoms with Gasteiger partial charge in [0.15, 0.2) is 5.78 Å². The second-order valence-electron chi connectivity index (χ2n) is 9.76. The molecule has 134 valence electrons. The Morgan fingerprint density at radius 1 is 1.08 bits per heavy atom. The number of carbonyl (C=O) groups is 1. The smallest absolute Gasteiger partial charge is 0.156 e. The van der Waals surface area contributed by atoms with Crippen molar-refractivity contribution >= 4 is 5.78 Å². The van der Waals surface area contributed by atoms with Gasteiger partial charge in [-0.3, -0.25) is 4.79 Å². The molecule has 0 radical (unpaired) electrons. The van der Waals surface area contributed by atoms with Crippen molar-refractivity contribution in [3.05, 3.63) is 36.1 Å². The second-order valence-corrected chi connectivity index (χ2v) is 9.76. The zero-order valence-corrected chi connectivity index (χ0v) is 15.6. The molecule has 0 aromatic rings. The largest absolute Gasteiger partial charge is 0.492 e. The molecule has 0 amide bonds. The molecule has 0 N–H and O–H groups in total. The summed E-state index contributed by atoms with van der Waals surface area (Å²) in [4.78, 5) is 11.9. The third-order valence-corrected chi connectivity index (χ3v) is 8.95. The van der Waals surface area contributed by atoms with E-state index in [1.165, 1.54) is 31.3 Å². The summed E-state index contributed by atoms with van der Waals surface area (Å²) in [5.74, 6) is 3.37. The van der Waals surface area contributed by atoms with E-state index >= 15 is 0 Å². The number of fused-ring (bicyclic) bond motifs is 6. The third kappa shape index (κ3) is 1.89. The fourth-order valence-corrected chi connectivity index (χ4v) is 7.39. The van der Waals surface area contributed by atoms with Crippen LogP contribution in [0.3, 0.4) is 0 Å². The Hall–Kier alpha value is -1.31. The van der Waals surface area contributed by atoms with Crippen LogP contribution in [0.1, 0.15) is 65.2 Å². The van der Waals surface area contributed by atoms with Gasteiger partial charge in [0.1, 0.15) is 5.60 Å². The monoisotopic (exact) mass is 338 g/mol. The van der Waals surface area contributed by atoms with Gasteiger partial charge in [-0.2, -0.15) is 0 Å². The van der Waals surface area contributed by atoms with Gasteiger partial charge in [-0.15, -0.1) is 0 Å². The van der Waals surface area contributed by atoms with E-state index in [9.17, 15) is 4.79 Å². The Kier molecular flexibility index (Phi) is 3.12. The average Bonchev–Trinajstić information content (AvgIpc) is 3.10. The lowest BCUT2D eigenvalue weighted by Crippen LogP contribution is -2.53. The van der Waals surface area contributed by atoms with Crippen molar-refractivity contribution in [3.63, 3.8) is 0 Å². The summed E-state index contributed by atoms with van der Waals surface area (Å²) in [6.45, 7) is 9.05. The molecular formula is C23H30O2. The highest BCUT2D eigenvalue weighted by molar-refractivity contribution is 5.92. The highest BCUT2D eigenvalue weighted by Crippen LogP contribution is 2.69. The first-order chi connectivity index (χ1) is 11.9. The van der Waals surface area contributed by atoms with Crippen LogP contribution in [0.5, 0.6) is 0 Å². The van der Waals surface area contributed by atoms with Gasteiger partial charge in [-0.05, 0) is 73.3 Å². The number of rotatable bonds is 0. The summed E-state index contributed by atoms with van der Waals surface area (Å²) in [6, 6.07) is 0. The van der Waals surface area contributed by atoms with E-state index in [4.69, 9.17) is 4.74 Å². The first-order valence-corrected chi connectivity index (χ1v) is 10.2. The van der Waals surface area contributed by atoms with Crippen LogP contribution in [0, 0.1) is 28.6 Å². The normalized spacial score (nSPS) is 51.0. The van der Waals surface area contributed by atoms with Gasteiger partial charge < -0.3 is 4.74 Å². The molecule has 2 saturated carbocycles. The second kappa shape index (κ2) is 4.90. The SMILES string of the molecule is C=C1CC[C@@]2(CC[C@H]3[C@@H]4C=CC5=CC(=O)CC[C@]5(C)[C@H]4CC[C@@]32C)O1. The number of hydrogen-bond acceptors (Lipinski definition) is 2. The standard InChI is InChI=1S/C23H30O2/c1-15-6-12-23(25-15)13-9-20-18-5-4-16-14-17(24)7-10-21(16,2)19(18)8-11-22(20,23)3/h4-5,14,18-20H,1,6-13H2,2-3H3/t18-,19+,20+,21+,22+,23+/m1/s1. The minimum atomic E-state index is 0.0487. The van der Waals surface area contributed by atoms with Crippen molar-refractivity contribution in [1.82, 2.24) is 0 Å². The lowest BCUT2D eigenvalue weighted by Gasteiger charge is -2.57. The van der Waals surface area contributed by atoms with Crippen molar-refractivity contribution in [2.24, 2.45) is 28.6 Å². The molecule has 0 aromatic heterocycles. The van der Waals surface area contributed by atoms with E-state index < -0.39 is 0 Å². The summed E-state index contributed by atoms with van der Waals surface area (Å²) in [5, 5.41) is 0. The maximum Gasteiger partial charge on any atom is 0.156 e. The first-order valence-electron chi connectivity index (χ1n) is 10.2. The van der Waals surface area contributed by atoms with Gasteiger partial charge in [-0.1, -0.05) is 32.6 Å². The zero-order valence-electron chi connectivity index (χ0n) is 15.6. The van der Waals surface area contributed by atoms with Gasteiger partial charge >= 0.3 is 0 Å². The van der Waals surface area contributed by atoms with E-state index in [1.807, 2.05) is 6.08 Å². The molecule has 6 atom stereocenters. The maximum absolute atomic E-state index is 11.9. The fraction of sp³-hybridized carbons (Fsp3) is 0.696. The summed E-state index contributed by atoms with van der Waals surface area (Å²) >= 11 is 0. The molecule has 1 saturated heterocycles. The highest BCUT2D eigenvalue weighted by atomic mass is 16.5. The van der Waals surface area contributed by atoms with Crippen molar-refractivity contribution < 1.29 is 9.53 Å². The van der Waals surface area contributed by atoms with Crippen LogP contribution >= 0.6 is 0 Å². The molecule has 4 aliphatic carbocycles. The van der Waals surface area contributed by atoms with E-state index in [2.05, 4.69) is 32.6 Å². The molecule has 1 aliphatic heterocycles. The van der Waals surface area contributed by atoms with Crippen LogP contribution in [0.15, 0.2) is 36.1 Å². The molecule has 0 unspecified atom stereocenters. The van der Waals surface area contributed by atoms with Crippen LogP contribution < -0.4 is 0 Å². The van der Waals surface area contributed by atoms with E-state index in [0.717, 1.165) is 31.4 Å². The summed E-state index contributed by atoms with van der Waals surface area (Å²) in [7, 11) is 0. The van der Waals surface area contributed by atoms with Crippen molar-refractivity contribution in [2.45, 2.75) is 70.8 Å². The van der Waals surface area contributed by atoms with Crippen molar-refractivity contribution in [2.75, 3.05) is 0 Å². The number of allylic oxidation sites excluding steroid dienone is 5. The third-order valence-electron chi connectivity index (χ3n) is 8.95. The van der Waals surface area contributed by atoms with Crippen LogP contribution in [0.4, 0.5) is 0 Å². The average molecular weight is 338 g/mol. The lowest BCUT2D eigenvalue weighted by atomic mass is 9.48. The zero-order chi connectivity index (χ0) is 17.4. The van der Waals surface area contributed by atoms with Crippen LogP contribution in [0.2, 0.25) is 0 Å². The Morgan fingerprint density at radius 3 is 2.64 bits per heavy atom. The van der Waals surface area contributed by atoms with Crippen molar-refractivity contribution in [3.8, 4) is 0 Å². The number of hydrogen-bond donors (Lipinski definition) is 0. The van der Waals surface area contributed by atoms with Gasteiger partial charge in [0.05, 0.1) is 5.76 Å². The number of carbonyl (C=O) groups excluding carboxylic acids is 1. The number of ketones is 1. The van der Waals surface area contributed by atoms with E-state index in [1.54, 1.807) is 0 Å². The van der Waals surface area contributed by atoms with Crippen molar-refractivity contribution in [1.29, 1.82) is 0 Å². The topological polar surface area (TPSA) is 26.3 Å². The molecule has 1 spiro atoms. The Bertz CT molecular complexity index is 716. The molecule has 0 bridgehead atoms. The predicted molar refractivity (Wildman–Crippen MR) is 98.8 cm³/mol. The first kappa shape index (κ1) is 15.9. The van der Waals surface area contributed by atoms with E-state index in [-0.39, 0.29) is 16.4 Å². The van der Waals surface area contributed by atoms with E-state index in [0.29, 0.717) is 23.5 Å². The summed E-state index contributed by atoms with van der Waals surface area (Å²) in [5.41, 5.74) is 1.82. The lowest BCUT2D eigenvalue weighted by molar-refractivity contribution is -0.119. The molecular weight excluding hydrogens is 308 g/mol. The molecule has 0 aromatic carbocycles. The fourth-order valence-electron chi connectivity index (χ4n) is 7.39. The minimum Gasteiger partial charge on any atom is -0.492 e. The van der Waals surface area contributed by atoms with Gasteiger partial charge in [0.2, 0.25) is 0 Å². The Labute approximate surface area is 151 Å². The van der Waals surface area contributed by atoms with Gasteiger partial charge in [-0.25, -0.2) is 0 Å². The van der Waals surface area contributed by atoms with Crippen LogP contribution in [0.25, 0.3) is 0 Å². The quantitative estimate of drug-likeness (QED) is 0.594. The van der Waals surface area contributed by atoms with Crippen LogP contribution in [-0.4, -0.2) is 11.4 Å². The molecule has 2 heteroatoms. The highest BCUT2D eigenvalue weighted by Gasteiger charge is 2.65. The molecule has 2 nitrogen and oxygen atoms in total. The Balaban J connectivity index is 1.53. The van der Waals surface area contributed by atoms with Gasteiger partial charge in [0, 0.05) is 18.3 Å². The molecule has 5 rings (SSSR count). The maximum atomic E-state index is 11.9.